The fourth-order valence-corrected chi connectivity index (χ4v) is 2.52. The monoisotopic (exact) mass is 303 g/mol. The van der Waals surface area contributed by atoms with Gasteiger partial charge < -0.3 is 13.9 Å². The number of hydrogen-bond donors (Lipinski definition) is 2. The molecular formula is C13H25NO5Si. The van der Waals surface area contributed by atoms with Crippen LogP contribution in [0.1, 0.15) is 20.8 Å². The Morgan fingerprint density at radius 3 is 2.70 bits per heavy atom. The van der Waals surface area contributed by atoms with E-state index >= 15 is 0 Å². The van der Waals surface area contributed by atoms with Gasteiger partial charge in [-0.25, -0.2) is 10.3 Å². The standard InChI is InChI=1S/C13H25NO5Si/c1-13(2,3)20(4,5)18-9-11-10(7-6-8-17-11)19-12(15)14-16/h6-7,10-11,16H,8-9H2,1-5H3,(H,14,15)/t10-,11-/m1/s1. The first-order chi connectivity index (χ1) is 9.17. The molecule has 20 heavy (non-hydrogen) atoms. The van der Waals surface area contributed by atoms with E-state index in [1.807, 2.05) is 0 Å². The van der Waals surface area contributed by atoms with Crippen LogP contribution in [0.3, 0.4) is 0 Å². The number of ether oxygens (including phenoxy) is 2. The third kappa shape index (κ3) is 4.59. The maximum absolute atomic E-state index is 11.1. The molecule has 2 atom stereocenters. The Labute approximate surface area is 121 Å². The summed E-state index contributed by atoms with van der Waals surface area (Å²) >= 11 is 0. The fourth-order valence-electron chi connectivity index (χ4n) is 1.50. The molecule has 0 bridgehead atoms. The highest BCUT2D eigenvalue weighted by Gasteiger charge is 2.38. The van der Waals surface area contributed by atoms with Crippen molar-refractivity contribution in [3.05, 3.63) is 12.2 Å². The summed E-state index contributed by atoms with van der Waals surface area (Å²) in [4.78, 5) is 11.1. The average Bonchev–Trinajstić information content (AvgIpc) is 2.36. The van der Waals surface area contributed by atoms with Crippen LogP contribution in [0.2, 0.25) is 18.1 Å². The minimum atomic E-state index is -1.88. The molecule has 0 aliphatic carbocycles. The molecule has 1 rings (SSSR count). The fraction of sp³-hybridized carbons (Fsp3) is 0.769. The first-order valence-corrected chi connectivity index (χ1v) is 9.61. The van der Waals surface area contributed by atoms with Crippen molar-refractivity contribution in [3.8, 4) is 0 Å². The van der Waals surface area contributed by atoms with Crippen molar-refractivity contribution in [1.82, 2.24) is 5.48 Å². The molecule has 0 radical (unpaired) electrons. The van der Waals surface area contributed by atoms with Gasteiger partial charge in [0.15, 0.2) is 14.4 Å². The minimum Gasteiger partial charge on any atom is -0.438 e. The molecule has 116 valence electrons. The minimum absolute atomic E-state index is 0.107. The van der Waals surface area contributed by atoms with Crippen molar-refractivity contribution in [3.63, 3.8) is 0 Å². The Morgan fingerprint density at radius 1 is 1.50 bits per heavy atom. The van der Waals surface area contributed by atoms with Crippen LogP contribution in [-0.2, 0) is 13.9 Å². The highest BCUT2D eigenvalue weighted by Crippen LogP contribution is 2.36. The average molecular weight is 303 g/mol. The Bertz CT molecular complexity index is 364. The number of carbonyl (C=O) groups excluding carboxylic acids is 1. The van der Waals surface area contributed by atoms with E-state index in [2.05, 4.69) is 33.9 Å². The zero-order chi connectivity index (χ0) is 15.4. The number of nitrogens with one attached hydrogen (secondary N) is 1. The second-order valence-corrected chi connectivity index (χ2v) is 11.2. The lowest BCUT2D eigenvalue weighted by atomic mass is 10.1. The van der Waals surface area contributed by atoms with E-state index in [4.69, 9.17) is 19.1 Å². The van der Waals surface area contributed by atoms with Gasteiger partial charge in [0, 0.05) is 0 Å². The third-order valence-corrected chi connectivity index (χ3v) is 8.35. The lowest BCUT2D eigenvalue weighted by molar-refractivity contribution is -0.0525. The van der Waals surface area contributed by atoms with E-state index in [1.54, 1.807) is 12.2 Å². The van der Waals surface area contributed by atoms with Crippen molar-refractivity contribution in [2.24, 2.45) is 0 Å². The third-order valence-electron chi connectivity index (χ3n) is 3.85. The summed E-state index contributed by atoms with van der Waals surface area (Å²) in [5, 5.41) is 8.61. The number of hydrogen-bond acceptors (Lipinski definition) is 5. The van der Waals surface area contributed by atoms with Crippen molar-refractivity contribution in [2.45, 2.75) is 51.1 Å². The maximum Gasteiger partial charge on any atom is 0.431 e. The molecule has 7 heteroatoms. The molecule has 0 saturated carbocycles. The molecule has 1 aliphatic heterocycles. The zero-order valence-electron chi connectivity index (χ0n) is 12.8. The molecule has 0 aromatic rings. The number of amides is 1. The summed E-state index contributed by atoms with van der Waals surface area (Å²) < 4.78 is 16.7. The van der Waals surface area contributed by atoms with Crippen LogP contribution in [0.25, 0.3) is 0 Å². The van der Waals surface area contributed by atoms with Crippen LogP contribution >= 0.6 is 0 Å². The highest BCUT2D eigenvalue weighted by molar-refractivity contribution is 6.74. The zero-order valence-corrected chi connectivity index (χ0v) is 13.8. The first kappa shape index (κ1) is 17.2. The Kier molecular flexibility index (Phi) is 5.75. The van der Waals surface area contributed by atoms with E-state index in [0.717, 1.165) is 0 Å². The molecular weight excluding hydrogens is 278 g/mol. The molecule has 0 aromatic carbocycles. The van der Waals surface area contributed by atoms with Crippen molar-refractivity contribution < 1.29 is 23.9 Å². The molecule has 0 fully saturated rings. The Hall–Kier alpha value is -0.893. The number of carbonyl (C=O) groups is 1. The summed E-state index contributed by atoms with van der Waals surface area (Å²) in [5.41, 5.74) is 1.45. The smallest absolute Gasteiger partial charge is 0.431 e. The van der Waals surface area contributed by atoms with E-state index in [0.29, 0.717) is 13.2 Å². The molecule has 0 aromatic heterocycles. The Balaban J connectivity index is 2.61. The van der Waals surface area contributed by atoms with Gasteiger partial charge in [0.05, 0.1) is 13.2 Å². The van der Waals surface area contributed by atoms with Gasteiger partial charge in [-0.1, -0.05) is 26.8 Å². The van der Waals surface area contributed by atoms with Gasteiger partial charge in [0.25, 0.3) is 0 Å². The van der Waals surface area contributed by atoms with Crippen LogP contribution in [0.4, 0.5) is 4.79 Å². The second-order valence-electron chi connectivity index (χ2n) is 6.35. The van der Waals surface area contributed by atoms with Crippen LogP contribution < -0.4 is 5.48 Å². The molecule has 0 spiro atoms. The van der Waals surface area contributed by atoms with Gasteiger partial charge in [0.2, 0.25) is 0 Å². The largest absolute Gasteiger partial charge is 0.438 e. The molecule has 0 saturated heterocycles. The van der Waals surface area contributed by atoms with Crippen molar-refractivity contribution in [1.29, 1.82) is 0 Å². The van der Waals surface area contributed by atoms with Crippen LogP contribution in [0.15, 0.2) is 12.2 Å². The lowest BCUT2D eigenvalue weighted by Crippen LogP contribution is -2.46. The lowest BCUT2D eigenvalue weighted by Gasteiger charge is -2.38. The predicted molar refractivity (Wildman–Crippen MR) is 77.2 cm³/mol. The number of rotatable bonds is 4. The topological polar surface area (TPSA) is 77.0 Å². The first-order valence-electron chi connectivity index (χ1n) is 6.70. The van der Waals surface area contributed by atoms with E-state index in [1.165, 1.54) is 5.48 Å². The van der Waals surface area contributed by atoms with Gasteiger partial charge in [-0.15, -0.1) is 0 Å². The van der Waals surface area contributed by atoms with Gasteiger partial charge in [0.1, 0.15) is 6.10 Å². The maximum atomic E-state index is 11.1. The second kappa shape index (κ2) is 6.71. The molecule has 1 amide bonds. The summed E-state index contributed by atoms with van der Waals surface area (Å²) in [6, 6.07) is 0. The van der Waals surface area contributed by atoms with Crippen LogP contribution in [0, 0.1) is 0 Å². The SMILES string of the molecule is CC(C)(C)[Si](C)(C)OC[C@H]1OCC=C[C@H]1OC(=O)NO. The van der Waals surface area contributed by atoms with E-state index < -0.39 is 20.5 Å². The molecule has 2 N–H and O–H groups in total. The van der Waals surface area contributed by atoms with E-state index in [9.17, 15) is 4.79 Å². The summed E-state index contributed by atoms with van der Waals surface area (Å²) in [7, 11) is -1.88. The van der Waals surface area contributed by atoms with Gasteiger partial charge in [-0.2, -0.15) is 0 Å². The van der Waals surface area contributed by atoms with Crippen LogP contribution in [-0.4, -0.2) is 45.0 Å². The normalized spacial score (nSPS) is 23.5. The van der Waals surface area contributed by atoms with Gasteiger partial charge in [-0.05, 0) is 24.2 Å². The number of hydroxylamine groups is 1. The summed E-state index contributed by atoms with van der Waals surface area (Å²) in [6.45, 7) is 11.6. The molecule has 0 unspecified atom stereocenters. The molecule has 6 nitrogen and oxygen atoms in total. The van der Waals surface area contributed by atoms with E-state index in [-0.39, 0.29) is 11.1 Å². The predicted octanol–water partition coefficient (Wildman–Crippen LogP) is 2.45. The van der Waals surface area contributed by atoms with Gasteiger partial charge >= 0.3 is 6.09 Å². The summed E-state index contributed by atoms with van der Waals surface area (Å²) in [6.07, 6.45) is 1.71. The van der Waals surface area contributed by atoms with Gasteiger partial charge in [-0.3, -0.25) is 5.21 Å². The van der Waals surface area contributed by atoms with Crippen molar-refractivity contribution >= 4 is 14.4 Å². The highest BCUT2D eigenvalue weighted by atomic mass is 28.4. The van der Waals surface area contributed by atoms with Crippen LogP contribution in [0.5, 0.6) is 0 Å². The summed E-state index contributed by atoms with van der Waals surface area (Å²) in [5.74, 6) is 0. The molecule has 1 heterocycles. The quantitative estimate of drug-likeness (QED) is 0.361. The Morgan fingerprint density at radius 2 is 2.15 bits per heavy atom. The van der Waals surface area contributed by atoms with Crippen molar-refractivity contribution in [2.75, 3.05) is 13.2 Å². The molecule has 1 aliphatic rings.